The van der Waals surface area contributed by atoms with Gasteiger partial charge in [0, 0.05) is 45.2 Å². The first-order chi connectivity index (χ1) is 17.9. The fraction of sp³-hybridized carbons (Fsp3) is 0.310. The molecule has 2 aromatic rings. The van der Waals surface area contributed by atoms with Gasteiger partial charge in [0.15, 0.2) is 0 Å². The average molecular weight is 506 g/mol. The SMILES string of the molecule is CCC.CO.O=C(CCN1C(=O)C=CC1=O)NCCC(=O)N1Cc2ccccc2/C=C\c2ccccc21. The molecule has 0 atom stereocenters. The second kappa shape index (κ2) is 15.2. The fourth-order valence-corrected chi connectivity index (χ4v) is 3.77. The number of benzene rings is 2. The molecule has 4 amide bonds. The molecule has 8 heteroatoms. The minimum atomic E-state index is -0.414. The molecule has 2 aromatic carbocycles. The Bertz CT molecular complexity index is 1140. The van der Waals surface area contributed by atoms with Gasteiger partial charge < -0.3 is 15.3 Å². The van der Waals surface area contributed by atoms with Gasteiger partial charge in [-0.15, -0.1) is 0 Å². The van der Waals surface area contributed by atoms with Gasteiger partial charge in [-0.25, -0.2) is 0 Å². The molecule has 2 heterocycles. The first-order valence-electron chi connectivity index (χ1n) is 12.3. The number of aliphatic hydroxyl groups excluding tert-OH is 1. The van der Waals surface area contributed by atoms with Crippen LogP contribution in [-0.2, 0) is 25.7 Å². The number of imide groups is 1. The number of hydrogen-bond donors (Lipinski definition) is 2. The van der Waals surface area contributed by atoms with Gasteiger partial charge in [-0.2, -0.15) is 0 Å². The molecule has 0 aromatic heterocycles. The number of aliphatic hydroxyl groups is 1. The van der Waals surface area contributed by atoms with Gasteiger partial charge in [0.05, 0.1) is 12.2 Å². The Hall–Kier alpha value is -4.04. The monoisotopic (exact) mass is 505 g/mol. The Morgan fingerprint density at radius 1 is 0.838 bits per heavy atom. The summed E-state index contributed by atoms with van der Waals surface area (Å²) >= 11 is 0. The van der Waals surface area contributed by atoms with E-state index >= 15 is 0 Å². The average Bonchev–Trinajstić information content (AvgIpc) is 3.22. The number of nitrogens with one attached hydrogen (secondary N) is 1. The normalized spacial score (nSPS) is 14.2. The second-order valence-electron chi connectivity index (χ2n) is 8.29. The van der Waals surface area contributed by atoms with E-state index in [1.54, 1.807) is 4.90 Å². The van der Waals surface area contributed by atoms with Crippen molar-refractivity contribution < 1.29 is 24.3 Å². The maximum Gasteiger partial charge on any atom is 0.253 e. The molecular weight excluding hydrogens is 470 g/mol. The standard InChI is InChI=1S/C25H23N3O4.C3H8.CH4O/c29-22(14-16-27-23(30)11-12-24(27)31)26-15-13-25(32)28-17-20-7-2-1-5-18(20)9-10-19-6-3-4-8-21(19)28;1-3-2;1-2/h1-12H,13-17H2,(H,26,29);3H2,1-2H3;2H,1H3/b10-9-;;. The van der Waals surface area contributed by atoms with Crippen molar-refractivity contribution in [3.8, 4) is 0 Å². The molecule has 0 fully saturated rings. The van der Waals surface area contributed by atoms with Gasteiger partial charge in [-0.05, 0) is 22.8 Å². The molecule has 0 saturated carbocycles. The molecule has 2 N–H and O–H groups in total. The quantitative estimate of drug-likeness (QED) is 0.584. The van der Waals surface area contributed by atoms with Gasteiger partial charge in [-0.3, -0.25) is 24.1 Å². The largest absolute Gasteiger partial charge is 0.400 e. The number of rotatable bonds is 6. The molecule has 0 radical (unpaired) electrons. The summed E-state index contributed by atoms with van der Waals surface area (Å²) in [7, 11) is 1.00. The number of carbonyl (C=O) groups is 4. The van der Waals surface area contributed by atoms with Crippen LogP contribution in [0.3, 0.4) is 0 Å². The summed E-state index contributed by atoms with van der Waals surface area (Å²) in [6, 6.07) is 15.7. The van der Waals surface area contributed by atoms with Crippen LogP contribution in [0.1, 0.15) is 49.8 Å². The first kappa shape index (κ1) is 29.2. The van der Waals surface area contributed by atoms with Crippen LogP contribution in [0, 0.1) is 0 Å². The zero-order valence-corrected chi connectivity index (χ0v) is 21.6. The molecule has 8 nitrogen and oxygen atoms in total. The fourth-order valence-electron chi connectivity index (χ4n) is 3.77. The second-order valence-corrected chi connectivity index (χ2v) is 8.29. The number of anilines is 1. The van der Waals surface area contributed by atoms with Crippen LogP contribution in [0.15, 0.2) is 60.7 Å². The van der Waals surface area contributed by atoms with Crippen LogP contribution >= 0.6 is 0 Å². The van der Waals surface area contributed by atoms with Crippen LogP contribution in [0.4, 0.5) is 5.69 Å². The van der Waals surface area contributed by atoms with Gasteiger partial charge in [-0.1, -0.05) is 74.9 Å². The van der Waals surface area contributed by atoms with E-state index in [-0.39, 0.29) is 37.7 Å². The zero-order chi connectivity index (χ0) is 27.2. The molecule has 37 heavy (non-hydrogen) atoms. The maximum atomic E-state index is 13.1. The highest BCUT2D eigenvalue weighted by Crippen LogP contribution is 2.29. The van der Waals surface area contributed by atoms with Crippen LogP contribution in [0.25, 0.3) is 12.2 Å². The lowest BCUT2D eigenvalue weighted by Gasteiger charge is -2.27. The number of nitrogens with zero attached hydrogens (tertiary/aromatic N) is 2. The van der Waals surface area contributed by atoms with Crippen molar-refractivity contribution in [2.45, 2.75) is 39.7 Å². The number of carbonyl (C=O) groups excluding carboxylic acids is 4. The number of amides is 4. The third-order valence-corrected chi connectivity index (χ3v) is 5.48. The highest BCUT2D eigenvalue weighted by atomic mass is 16.2. The Morgan fingerprint density at radius 3 is 2.08 bits per heavy atom. The molecule has 0 spiro atoms. The summed E-state index contributed by atoms with van der Waals surface area (Å²) in [5.74, 6) is -1.24. The lowest BCUT2D eigenvalue weighted by molar-refractivity contribution is -0.137. The van der Waals surface area contributed by atoms with Crippen molar-refractivity contribution in [2.75, 3.05) is 25.1 Å². The van der Waals surface area contributed by atoms with E-state index in [0.717, 1.165) is 34.4 Å². The van der Waals surface area contributed by atoms with Crippen molar-refractivity contribution in [1.29, 1.82) is 0 Å². The molecule has 2 aliphatic heterocycles. The minimum absolute atomic E-state index is 0.00192. The third kappa shape index (κ3) is 8.25. The predicted molar refractivity (Wildman–Crippen MR) is 145 cm³/mol. The Labute approximate surface area is 218 Å². The number of hydrogen-bond acceptors (Lipinski definition) is 5. The number of fused-ring (bicyclic) bond motifs is 2. The summed E-state index contributed by atoms with van der Waals surface area (Å²) in [5, 5.41) is 9.71. The Balaban J connectivity index is 0.000000898. The van der Waals surface area contributed by atoms with Gasteiger partial charge in [0.1, 0.15) is 0 Å². The van der Waals surface area contributed by atoms with E-state index in [9.17, 15) is 19.2 Å². The zero-order valence-electron chi connectivity index (χ0n) is 21.6. The lowest BCUT2D eigenvalue weighted by atomic mass is 10.0. The smallest absolute Gasteiger partial charge is 0.253 e. The molecule has 0 saturated heterocycles. The molecule has 0 aliphatic carbocycles. The molecule has 2 aliphatic rings. The molecule has 0 unspecified atom stereocenters. The van der Waals surface area contributed by atoms with Crippen molar-refractivity contribution >= 4 is 41.5 Å². The lowest BCUT2D eigenvalue weighted by Crippen LogP contribution is -2.37. The van der Waals surface area contributed by atoms with Gasteiger partial charge in [0.2, 0.25) is 11.8 Å². The molecule has 0 bridgehead atoms. The van der Waals surface area contributed by atoms with Crippen LogP contribution < -0.4 is 10.2 Å². The Morgan fingerprint density at radius 2 is 1.41 bits per heavy atom. The first-order valence-corrected chi connectivity index (χ1v) is 12.3. The summed E-state index contributed by atoms with van der Waals surface area (Å²) in [4.78, 5) is 51.1. The topological polar surface area (TPSA) is 107 Å². The van der Waals surface area contributed by atoms with Crippen molar-refractivity contribution in [3.63, 3.8) is 0 Å². The summed E-state index contributed by atoms with van der Waals surface area (Å²) in [6.45, 7) is 4.89. The molecule has 196 valence electrons. The highest BCUT2D eigenvalue weighted by molar-refractivity contribution is 6.13. The van der Waals surface area contributed by atoms with E-state index in [4.69, 9.17) is 5.11 Å². The van der Waals surface area contributed by atoms with Crippen LogP contribution in [-0.4, -0.2) is 53.8 Å². The highest BCUT2D eigenvalue weighted by Gasteiger charge is 2.24. The third-order valence-electron chi connectivity index (χ3n) is 5.48. The minimum Gasteiger partial charge on any atom is -0.400 e. The summed E-state index contributed by atoms with van der Waals surface area (Å²) in [6.07, 6.45) is 7.82. The van der Waals surface area contributed by atoms with Crippen LogP contribution in [0.2, 0.25) is 0 Å². The Kier molecular flexibility index (Phi) is 12.0. The van der Waals surface area contributed by atoms with Crippen molar-refractivity contribution in [1.82, 2.24) is 10.2 Å². The van der Waals surface area contributed by atoms with Crippen molar-refractivity contribution in [2.24, 2.45) is 0 Å². The maximum absolute atomic E-state index is 13.1. The summed E-state index contributed by atoms with van der Waals surface area (Å²) in [5.41, 5.74) is 3.89. The summed E-state index contributed by atoms with van der Waals surface area (Å²) < 4.78 is 0. The van der Waals surface area contributed by atoms with Gasteiger partial charge >= 0.3 is 0 Å². The van der Waals surface area contributed by atoms with E-state index < -0.39 is 11.8 Å². The van der Waals surface area contributed by atoms with E-state index in [1.165, 1.54) is 18.6 Å². The van der Waals surface area contributed by atoms with Gasteiger partial charge in [0.25, 0.3) is 11.8 Å². The van der Waals surface area contributed by atoms with E-state index in [2.05, 4.69) is 25.2 Å². The molecule has 4 rings (SSSR count). The number of para-hydroxylation sites is 1. The predicted octanol–water partition coefficient (Wildman–Crippen LogP) is 3.55. The van der Waals surface area contributed by atoms with Crippen LogP contribution in [0.5, 0.6) is 0 Å². The van der Waals surface area contributed by atoms with Crippen molar-refractivity contribution in [3.05, 3.63) is 77.4 Å². The van der Waals surface area contributed by atoms with E-state index in [0.29, 0.717) is 6.54 Å². The molecular formula is C29H35N3O5. The van der Waals surface area contributed by atoms with E-state index in [1.807, 2.05) is 54.6 Å².